The Morgan fingerprint density at radius 2 is 2.04 bits per heavy atom. The van der Waals surface area contributed by atoms with Gasteiger partial charge in [0.25, 0.3) is 0 Å². The zero-order chi connectivity index (χ0) is 19.5. The van der Waals surface area contributed by atoms with Gasteiger partial charge in [-0.1, -0.05) is 25.2 Å². The summed E-state index contributed by atoms with van der Waals surface area (Å²) in [7, 11) is 0. The molecule has 3 aliphatic rings. The summed E-state index contributed by atoms with van der Waals surface area (Å²) >= 11 is 0. The Morgan fingerprint density at radius 3 is 2.65 bits per heavy atom. The molecule has 26 heavy (non-hydrogen) atoms. The van der Waals surface area contributed by atoms with Gasteiger partial charge in [0, 0.05) is 22.8 Å². The van der Waals surface area contributed by atoms with E-state index in [9.17, 15) is 19.8 Å². The normalized spacial score (nSPS) is 47.8. The van der Waals surface area contributed by atoms with E-state index in [4.69, 9.17) is 9.47 Å². The number of fused-ring (bicyclic) bond motifs is 3. The van der Waals surface area contributed by atoms with Gasteiger partial charge in [-0.05, 0) is 40.5 Å². The van der Waals surface area contributed by atoms with Gasteiger partial charge < -0.3 is 19.7 Å². The van der Waals surface area contributed by atoms with Crippen LogP contribution in [-0.4, -0.2) is 45.6 Å². The summed E-state index contributed by atoms with van der Waals surface area (Å²) < 4.78 is 11.3. The fourth-order valence-corrected chi connectivity index (χ4v) is 4.97. The third-order valence-corrected chi connectivity index (χ3v) is 6.77. The van der Waals surface area contributed by atoms with Crippen LogP contribution >= 0.6 is 0 Å². The van der Waals surface area contributed by atoms with Gasteiger partial charge in [-0.25, -0.2) is 9.59 Å². The average Bonchev–Trinajstić information content (AvgIpc) is 2.80. The highest BCUT2D eigenvalue weighted by atomic mass is 16.6. The van der Waals surface area contributed by atoms with Crippen molar-refractivity contribution < 1.29 is 29.3 Å². The Morgan fingerprint density at radius 1 is 1.38 bits per heavy atom. The summed E-state index contributed by atoms with van der Waals surface area (Å²) in [4.78, 5) is 25.0. The molecule has 1 saturated carbocycles. The third kappa shape index (κ3) is 2.54. The maximum atomic E-state index is 12.7. The third-order valence-electron chi connectivity index (χ3n) is 6.77. The van der Waals surface area contributed by atoms with Crippen molar-refractivity contribution in [3.63, 3.8) is 0 Å². The Kier molecular flexibility index (Phi) is 4.36. The lowest BCUT2D eigenvalue weighted by Gasteiger charge is -2.55. The lowest BCUT2D eigenvalue weighted by atomic mass is 9.52. The molecule has 1 heterocycles. The van der Waals surface area contributed by atoms with Crippen LogP contribution in [0.25, 0.3) is 0 Å². The molecule has 0 amide bonds. The molecule has 0 aromatic carbocycles. The molecule has 1 saturated heterocycles. The zero-order valence-corrected chi connectivity index (χ0v) is 16.0. The number of ether oxygens (including phenoxy) is 2. The van der Waals surface area contributed by atoms with Crippen LogP contribution in [0.1, 0.15) is 47.5 Å². The van der Waals surface area contributed by atoms with Crippen molar-refractivity contribution in [3.8, 4) is 0 Å². The molecule has 3 rings (SSSR count). The number of aliphatic hydroxyl groups excluding tert-OH is 1. The number of carbonyl (C=O) groups is 2. The molecule has 2 fully saturated rings. The highest BCUT2D eigenvalue weighted by Crippen LogP contribution is 2.58. The highest BCUT2D eigenvalue weighted by molar-refractivity contribution is 5.92. The molecule has 0 aromatic rings. The van der Waals surface area contributed by atoms with E-state index in [0.29, 0.717) is 18.4 Å². The second kappa shape index (κ2) is 5.92. The van der Waals surface area contributed by atoms with E-state index < -0.39 is 46.7 Å². The molecule has 0 aromatic heterocycles. The first-order valence-corrected chi connectivity index (χ1v) is 9.14. The van der Waals surface area contributed by atoms with E-state index in [1.165, 1.54) is 0 Å². The van der Waals surface area contributed by atoms with E-state index in [-0.39, 0.29) is 5.92 Å². The molecule has 0 radical (unpaired) electrons. The second-order valence-electron chi connectivity index (χ2n) is 8.50. The van der Waals surface area contributed by atoms with Crippen LogP contribution in [0.4, 0.5) is 0 Å². The van der Waals surface area contributed by atoms with E-state index >= 15 is 0 Å². The molecule has 6 heteroatoms. The molecule has 6 nitrogen and oxygen atoms in total. The van der Waals surface area contributed by atoms with E-state index in [1.54, 1.807) is 45.9 Å². The molecular weight excluding hydrogens is 336 g/mol. The Hall–Kier alpha value is -1.66. The number of hydrogen-bond acceptors (Lipinski definition) is 6. The van der Waals surface area contributed by atoms with Crippen molar-refractivity contribution in [1.29, 1.82) is 0 Å². The smallest absolute Gasteiger partial charge is 0.351 e. The lowest BCUT2D eigenvalue weighted by Crippen LogP contribution is -2.61. The van der Waals surface area contributed by atoms with Crippen LogP contribution in [0.2, 0.25) is 0 Å². The van der Waals surface area contributed by atoms with Crippen molar-refractivity contribution in [3.05, 3.63) is 23.8 Å². The molecule has 0 spiro atoms. The van der Waals surface area contributed by atoms with Crippen LogP contribution in [0.15, 0.2) is 23.8 Å². The Balaban J connectivity index is 1.98. The summed E-state index contributed by atoms with van der Waals surface area (Å²) in [5.41, 5.74) is -2.82. The van der Waals surface area contributed by atoms with Gasteiger partial charge in [0.15, 0.2) is 0 Å². The molecule has 0 bridgehead atoms. The number of carbonyl (C=O) groups excluding carboxylic acids is 2. The van der Waals surface area contributed by atoms with Gasteiger partial charge in [0.2, 0.25) is 5.60 Å². The fourth-order valence-electron chi connectivity index (χ4n) is 4.97. The SMILES string of the molecule is CC=C(C)C(=O)OC1(C)C(=O)OC2C1CCC1(C)C(O)C=CC(C)(O)C21. The zero-order valence-electron chi connectivity index (χ0n) is 16.0. The van der Waals surface area contributed by atoms with Gasteiger partial charge in [-0.15, -0.1) is 0 Å². The van der Waals surface area contributed by atoms with Gasteiger partial charge in [-0.2, -0.15) is 0 Å². The summed E-state index contributed by atoms with van der Waals surface area (Å²) in [6, 6.07) is 0. The molecule has 144 valence electrons. The number of allylic oxidation sites excluding steroid dienone is 1. The minimum Gasteiger partial charge on any atom is -0.458 e. The number of rotatable bonds is 2. The van der Waals surface area contributed by atoms with Crippen molar-refractivity contribution in [2.24, 2.45) is 17.3 Å². The van der Waals surface area contributed by atoms with Gasteiger partial charge in [-0.3, -0.25) is 0 Å². The van der Waals surface area contributed by atoms with E-state index in [1.807, 2.05) is 6.92 Å². The molecular formula is C20H28O6. The quantitative estimate of drug-likeness (QED) is 0.442. The van der Waals surface area contributed by atoms with Crippen molar-refractivity contribution in [2.45, 2.75) is 70.9 Å². The fraction of sp³-hybridized carbons (Fsp3) is 0.700. The van der Waals surface area contributed by atoms with Gasteiger partial charge >= 0.3 is 11.9 Å². The standard InChI is InChI=1S/C20H28O6/c1-6-11(2)16(22)26-20(5)12-7-9-18(3)13(21)8-10-19(4,24)15(18)14(12)25-17(20)23/h6,8,10,12-15,21,24H,7,9H2,1-5H3. The molecule has 7 unspecified atom stereocenters. The Bertz CT molecular complexity index is 692. The predicted molar refractivity (Wildman–Crippen MR) is 93.9 cm³/mol. The van der Waals surface area contributed by atoms with Crippen LogP contribution < -0.4 is 0 Å². The first-order valence-electron chi connectivity index (χ1n) is 9.14. The highest BCUT2D eigenvalue weighted by Gasteiger charge is 2.68. The minimum absolute atomic E-state index is 0.369. The van der Waals surface area contributed by atoms with Crippen LogP contribution in [0.3, 0.4) is 0 Å². The largest absolute Gasteiger partial charge is 0.458 e. The summed E-state index contributed by atoms with van der Waals surface area (Å²) in [5, 5.41) is 21.5. The van der Waals surface area contributed by atoms with Crippen LogP contribution in [-0.2, 0) is 19.1 Å². The topological polar surface area (TPSA) is 93.1 Å². The number of esters is 2. The van der Waals surface area contributed by atoms with Gasteiger partial charge in [0.05, 0.1) is 11.7 Å². The van der Waals surface area contributed by atoms with Crippen LogP contribution in [0, 0.1) is 17.3 Å². The van der Waals surface area contributed by atoms with Gasteiger partial charge in [0.1, 0.15) is 6.10 Å². The number of aliphatic hydroxyl groups is 2. The molecule has 2 N–H and O–H groups in total. The average molecular weight is 364 g/mol. The lowest BCUT2D eigenvalue weighted by molar-refractivity contribution is -0.175. The predicted octanol–water partition coefficient (Wildman–Crippen LogP) is 1.89. The first-order chi connectivity index (χ1) is 12.0. The second-order valence-corrected chi connectivity index (χ2v) is 8.50. The maximum absolute atomic E-state index is 12.7. The van der Waals surface area contributed by atoms with Crippen molar-refractivity contribution in [2.75, 3.05) is 0 Å². The molecule has 2 aliphatic carbocycles. The number of hydrogen-bond donors (Lipinski definition) is 2. The first kappa shape index (κ1) is 19.1. The van der Waals surface area contributed by atoms with Crippen LogP contribution in [0.5, 0.6) is 0 Å². The Labute approximate surface area is 153 Å². The summed E-state index contributed by atoms with van der Waals surface area (Å²) in [6.45, 7) is 8.53. The monoisotopic (exact) mass is 364 g/mol. The molecule has 1 aliphatic heterocycles. The van der Waals surface area contributed by atoms with E-state index in [0.717, 1.165) is 0 Å². The van der Waals surface area contributed by atoms with Crippen molar-refractivity contribution in [1.82, 2.24) is 0 Å². The minimum atomic E-state index is -1.39. The maximum Gasteiger partial charge on any atom is 0.351 e. The van der Waals surface area contributed by atoms with Crippen molar-refractivity contribution >= 4 is 11.9 Å². The molecule has 7 atom stereocenters. The van der Waals surface area contributed by atoms with E-state index in [2.05, 4.69) is 0 Å². The summed E-state index contributed by atoms with van der Waals surface area (Å²) in [6.07, 6.45) is 4.62. The summed E-state index contributed by atoms with van der Waals surface area (Å²) in [5.74, 6) is -1.99.